The van der Waals surface area contributed by atoms with Gasteiger partial charge in [-0.05, 0) is 19.3 Å². The number of halogens is 1. The van der Waals surface area contributed by atoms with E-state index in [4.69, 9.17) is 17.3 Å². The Morgan fingerprint density at radius 3 is 2.50 bits per heavy atom. The second kappa shape index (κ2) is 11.0. The van der Waals surface area contributed by atoms with Gasteiger partial charge in [0, 0.05) is 24.0 Å². The third-order valence-corrected chi connectivity index (χ3v) is 4.06. The first-order valence-electron chi connectivity index (χ1n) is 7.35. The molecule has 1 fully saturated rings. The minimum absolute atomic E-state index is 0. The minimum Gasteiger partial charge on any atom is -0.344 e. The molecule has 0 bridgehead atoms. The predicted molar refractivity (Wildman–Crippen MR) is 81.7 cm³/mol. The van der Waals surface area contributed by atoms with E-state index < -0.39 is 0 Å². The molecule has 1 saturated heterocycles. The topological polar surface area (TPSA) is 73.0 Å². The molecule has 4 heteroatoms. The van der Waals surface area contributed by atoms with E-state index in [1.54, 1.807) is 0 Å². The summed E-state index contributed by atoms with van der Waals surface area (Å²) in [5, 5.41) is 3.78. The van der Waals surface area contributed by atoms with Crippen LogP contribution in [0, 0.1) is 0 Å². The molecule has 0 aromatic carbocycles. The average molecular weight is 278 g/mol. The number of nitrogens with one attached hydrogen (secondary N) is 1. The predicted octanol–water partition coefficient (Wildman–Crippen LogP) is 3.59. The van der Waals surface area contributed by atoms with Crippen LogP contribution in [0.1, 0.15) is 64.7 Å². The van der Waals surface area contributed by atoms with Crippen molar-refractivity contribution < 1.29 is 0 Å². The maximum absolute atomic E-state index is 6.37. The molecule has 0 aliphatic carbocycles. The first-order valence-corrected chi connectivity index (χ1v) is 7.79. The van der Waals surface area contributed by atoms with Gasteiger partial charge in [0.2, 0.25) is 0 Å². The average Bonchev–Trinajstić information content (AvgIpc) is 2.69. The maximum Gasteiger partial charge on any atom is 0.0350 e. The number of hydrogen-bond acceptors (Lipinski definition) is 3. The Labute approximate surface area is 118 Å². The van der Waals surface area contributed by atoms with Gasteiger partial charge >= 0.3 is 0 Å². The third kappa shape index (κ3) is 8.30. The quantitative estimate of drug-likeness (QED) is 0.445. The molecule has 1 rings (SSSR count). The van der Waals surface area contributed by atoms with Gasteiger partial charge in [0.1, 0.15) is 0 Å². The molecule has 0 aromatic heterocycles. The van der Waals surface area contributed by atoms with E-state index in [2.05, 4.69) is 12.2 Å². The van der Waals surface area contributed by atoms with Gasteiger partial charge in [0.25, 0.3) is 0 Å². The summed E-state index contributed by atoms with van der Waals surface area (Å²) in [6, 6.07) is 0.908. The zero-order chi connectivity index (χ0) is 12.5. The van der Waals surface area contributed by atoms with Gasteiger partial charge in [-0.2, -0.15) is 0 Å². The molecule has 3 unspecified atom stereocenters. The molecule has 6 N–H and O–H groups in total. The van der Waals surface area contributed by atoms with Crippen LogP contribution in [0.3, 0.4) is 0 Å². The van der Waals surface area contributed by atoms with E-state index >= 15 is 0 Å². The summed E-state index contributed by atoms with van der Waals surface area (Å²) >= 11 is 6.37. The molecular formula is C14H32ClN3. The van der Waals surface area contributed by atoms with E-state index in [-0.39, 0.29) is 6.15 Å². The molecule has 0 amide bonds. The Morgan fingerprint density at radius 1 is 1.22 bits per heavy atom. The number of nitrogens with two attached hydrogens (primary N) is 1. The highest BCUT2D eigenvalue weighted by atomic mass is 35.5. The molecule has 3 atom stereocenters. The van der Waals surface area contributed by atoms with Crippen molar-refractivity contribution in [3.05, 3.63) is 0 Å². The fourth-order valence-electron chi connectivity index (χ4n) is 2.60. The molecule has 0 aromatic rings. The highest BCUT2D eigenvalue weighted by Crippen LogP contribution is 2.19. The van der Waals surface area contributed by atoms with Crippen LogP contribution in [0.4, 0.5) is 0 Å². The van der Waals surface area contributed by atoms with E-state index in [9.17, 15) is 0 Å². The third-order valence-electron chi connectivity index (χ3n) is 3.67. The lowest BCUT2D eigenvalue weighted by Gasteiger charge is -2.15. The molecule has 18 heavy (non-hydrogen) atoms. The van der Waals surface area contributed by atoms with Crippen molar-refractivity contribution in [2.75, 3.05) is 6.54 Å². The Morgan fingerprint density at radius 2 is 1.89 bits per heavy atom. The Kier molecular flexibility index (Phi) is 11.1. The van der Waals surface area contributed by atoms with Crippen molar-refractivity contribution in [3.8, 4) is 0 Å². The lowest BCUT2D eigenvalue weighted by atomic mass is 10.0. The monoisotopic (exact) mass is 277 g/mol. The summed E-state index contributed by atoms with van der Waals surface area (Å²) < 4.78 is 0. The van der Waals surface area contributed by atoms with Crippen molar-refractivity contribution in [1.29, 1.82) is 0 Å². The Bertz CT molecular complexity index is 190. The summed E-state index contributed by atoms with van der Waals surface area (Å²) in [5.41, 5.74) is 5.86. The molecular weight excluding hydrogens is 246 g/mol. The largest absolute Gasteiger partial charge is 0.344 e. The molecule has 110 valence electrons. The highest BCUT2D eigenvalue weighted by molar-refractivity contribution is 6.20. The van der Waals surface area contributed by atoms with Gasteiger partial charge in [-0.1, -0.05) is 45.4 Å². The number of rotatable bonds is 9. The van der Waals surface area contributed by atoms with Crippen LogP contribution in [-0.4, -0.2) is 24.0 Å². The van der Waals surface area contributed by atoms with Gasteiger partial charge in [-0.15, -0.1) is 11.6 Å². The van der Waals surface area contributed by atoms with Crippen molar-refractivity contribution in [2.24, 2.45) is 5.73 Å². The zero-order valence-corrected chi connectivity index (χ0v) is 12.7. The number of alkyl halides is 1. The summed E-state index contributed by atoms with van der Waals surface area (Å²) in [4.78, 5) is 0. The van der Waals surface area contributed by atoms with Crippen LogP contribution in [0.2, 0.25) is 0 Å². The van der Waals surface area contributed by atoms with Crippen molar-refractivity contribution in [1.82, 2.24) is 11.5 Å². The summed E-state index contributed by atoms with van der Waals surface area (Å²) in [6.07, 6.45) is 11.5. The van der Waals surface area contributed by atoms with E-state index in [0.29, 0.717) is 17.5 Å². The summed E-state index contributed by atoms with van der Waals surface area (Å²) in [5.74, 6) is 0. The van der Waals surface area contributed by atoms with Gasteiger partial charge in [-0.3, -0.25) is 0 Å². The van der Waals surface area contributed by atoms with Crippen LogP contribution >= 0.6 is 11.6 Å². The van der Waals surface area contributed by atoms with Crippen LogP contribution in [0.5, 0.6) is 0 Å². The summed E-state index contributed by atoms with van der Waals surface area (Å²) in [6.45, 7) is 3.22. The van der Waals surface area contributed by atoms with Crippen molar-refractivity contribution >= 4 is 11.6 Å². The SMILES string of the molecule is CCCCCCCCC(Cl)CC1CC(N)CN1.N. The lowest BCUT2D eigenvalue weighted by Crippen LogP contribution is -2.25. The zero-order valence-electron chi connectivity index (χ0n) is 12.0. The normalized spacial score (nSPS) is 24.8. The smallest absolute Gasteiger partial charge is 0.0350 e. The Hall–Kier alpha value is 0.170. The van der Waals surface area contributed by atoms with Gasteiger partial charge in [-0.25, -0.2) is 0 Å². The molecule has 0 spiro atoms. The number of hydrogen-bond donors (Lipinski definition) is 3. The molecule has 1 aliphatic rings. The Balaban J connectivity index is 0.00000289. The maximum atomic E-state index is 6.37. The first-order chi connectivity index (χ1) is 8.22. The second-order valence-electron chi connectivity index (χ2n) is 5.49. The van der Waals surface area contributed by atoms with Gasteiger partial charge < -0.3 is 17.2 Å². The molecule has 0 radical (unpaired) electrons. The highest BCUT2D eigenvalue weighted by Gasteiger charge is 2.22. The van der Waals surface area contributed by atoms with Gasteiger partial charge in [0.05, 0.1) is 0 Å². The molecule has 1 heterocycles. The van der Waals surface area contributed by atoms with Crippen LogP contribution in [0.15, 0.2) is 0 Å². The van der Waals surface area contributed by atoms with Crippen molar-refractivity contribution in [3.63, 3.8) is 0 Å². The summed E-state index contributed by atoms with van der Waals surface area (Å²) in [7, 11) is 0. The van der Waals surface area contributed by atoms with Gasteiger partial charge in [0.15, 0.2) is 0 Å². The molecule has 3 nitrogen and oxygen atoms in total. The van der Waals surface area contributed by atoms with E-state index in [1.807, 2.05) is 0 Å². The van der Waals surface area contributed by atoms with E-state index in [1.165, 1.54) is 44.9 Å². The van der Waals surface area contributed by atoms with Crippen LogP contribution in [0.25, 0.3) is 0 Å². The van der Waals surface area contributed by atoms with Crippen LogP contribution in [-0.2, 0) is 0 Å². The van der Waals surface area contributed by atoms with Crippen LogP contribution < -0.4 is 17.2 Å². The van der Waals surface area contributed by atoms with E-state index in [0.717, 1.165) is 19.4 Å². The number of unbranched alkanes of at least 4 members (excludes halogenated alkanes) is 5. The first kappa shape index (κ1) is 18.2. The fourth-order valence-corrected chi connectivity index (χ4v) is 2.97. The molecule has 0 saturated carbocycles. The molecule has 1 aliphatic heterocycles. The standard InChI is InChI=1S/C14H29ClN2.H3N/c1-2-3-4-5-6-7-8-12(15)9-14-10-13(16)11-17-14;/h12-14,17H,2-11,16H2,1H3;1H3. The minimum atomic E-state index is 0. The lowest BCUT2D eigenvalue weighted by molar-refractivity contribution is 0.503. The second-order valence-corrected chi connectivity index (χ2v) is 6.11. The fraction of sp³-hybridized carbons (Fsp3) is 1.00. The van der Waals surface area contributed by atoms with Crippen molar-refractivity contribution in [2.45, 2.75) is 82.2 Å².